The summed E-state index contributed by atoms with van der Waals surface area (Å²) < 4.78 is 0.450. The van der Waals surface area contributed by atoms with Crippen molar-refractivity contribution in [2.24, 2.45) is 0 Å². The van der Waals surface area contributed by atoms with E-state index in [9.17, 15) is 24.8 Å². The van der Waals surface area contributed by atoms with Gasteiger partial charge in [0.2, 0.25) is 0 Å². The molecule has 0 spiro atoms. The van der Waals surface area contributed by atoms with Gasteiger partial charge in [0.15, 0.2) is 5.78 Å². The van der Waals surface area contributed by atoms with Crippen molar-refractivity contribution in [3.63, 3.8) is 0 Å². The van der Waals surface area contributed by atoms with Crippen LogP contribution in [0.2, 0.25) is 0 Å². The minimum atomic E-state index is -1.51. The van der Waals surface area contributed by atoms with Gasteiger partial charge in [-0.3, -0.25) is 14.9 Å². The van der Waals surface area contributed by atoms with Gasteiger partial charge in [0.05, 0.1) is 20.7 Å². The molecule has 23 heavy (non-hydrogen) atoms. The number of hydrogen-bond acceptors (Lipinski definition) is 7. The lowest BCUT2D eigenvalue weighted by Gasteiger charge is -2.08. The number of carboxylic acids is 1. The predicted molar refractivity (Wildman–Crippen MR) is 88.7 cm³/mol. The Morgan fingerprint density at radius 1 is 1.39 bits per heavy atom. The molecule has 8 heteroatoms. The van der Waals surface area contributed by atoms with Crippen LogP contribution in [0.25, 0.3) is 6.08 Å². The third-order valence-corrected chi connectivity index (χ3v) is 5.89. The molecule has 0 saturated carbocycles. The summed E-state index contributed by atoms with van der Waals surface area (Å²) in [6, 6.07) is 5.71. The second-order valence-corrected chi connectivity index (χ2v) is 7.48. The maximum atomic E-state index is 12.1. The Hall–Kier alpha value is -2.06. The van der Waals surface area contributed by atoms with E-state index in [1.165, 1.54) is 47.8 Å². The van der Waals surface area contributed by atoms with Crippen LogP contribution in [0.5, 0.6) is 0 Å². The van der Waals surface area contributed by atoms with E-state index in [0.29, 0.717) is 9.80 Å². The molecule has 0 amide bonds. The summed E-state index contributed by atoms with van der Waals surface area (Å²) in [6.07, 6.45) is 2.45. The van der Waals surface area contributed by atoms with E-state index in [-0.39, 0.29) is 16.5 Å². The second-order valence-electron chi connectivity index (χ2n) is 4.74. The molecule has 1 aromatic rings. The van der Waals surface area contributed by atoms with Gasteiger partial charge in [0.25, 0.3) is 5.69 Å². The average Bonchev–Trinajstić information content (AvgIpc) is 2.91. The van der Waals surface area contributed by atoms with E-state index in [2.05, 4.69) is 0 Å². The van der Waals surface area contributed by atoms with E-state index in [4.69, 9.17) is 0 Å². The summed E-state index contributed by atoms with van der Waals surface area (Å²) in [6.45, 7) is 1.95. The van der Waals surface area contributed by atoms with Gasteiger partial charge < -0.3 is 9.90 Å². The van der Waals surface area contributed by atoms with Crippen LogP contribution in [0.4, 0.5) is 5.69 Å². The Labute approximate surface area is 140 Å². The van der Waals surface area contributed by atoms with Gasteiger partial charge in [-0.2, -0.15) is 0 Å². The van der Waals surface area contributed by atoms with Gasteiger partial charge in [0.1, 0.15) is 0 Å². The van der Waals surface area contributed by atoms with Crippen molar-refractivity contribution in [1.29, 1.82) is 0 Å². The first-order valence-electron chi connectivity index (χ1n) is 6.60. The first-order valence-corrected chi connectivity index (χ1v) is 8.47. The van der Waals surface area contributed by atoms with Gasteiger partial charge in [-0.1, -0.05) is 25.1 Å². The Morgan fingerprint density at radius 3 is 2.70 bits per heavy atom. The fraction of sp³-hybridized carbons (Fsp3) is 0.200. The van der Waals surface area contributed by atoms with Gasteiger partial charge in [-0.15, -0.1) is 23.5 Å². The zero-order chi connectivity index (χ0) is 17.0. The van der Waals surface area contributed by atoms with Crippen molar-refractivity contribution in [2.45, 2.75) is 12.2 Å². The molecule has 0 radical (unpaired) electrons. The summed E-state index contributed by atoms with van der Waals surface area (Å²) in [5.41, 5.74) is -0.0183. The number of rotatable bonds is 5. The summed E-state index contributed by atoms with van der Waals surface area (Å²) >= 11 is 2.66. The topological polar surface area (TPSA) is 100 Å². The number of thioether (sulfide) groups is 2. The van der Waals surface area contributed by atoms with Crippen molar-refractivity contribution in [3.8, 4) is 0 Å². The molecule has 6 nitrogen and oxygen atoms in total. The third kappa shape index (κ3) is 4.46. The van der Waals surface area contributed by atoms with Crippen LogP contribution in [-0.4, -0.2) is 27.7 Å². The van der Waals surface area contributed by atoms with Gasteiger partial charge in [-0.05, 0) is 11.6 Å². The van der Waals surface area contributed by atoms with Gasteiger partial charge in [-0.25, -0.2) is 0 Å². The first kappa shape index (κ1) is 17.3. The number of ketones is 1. The SMILES string of the molecule is C[C@@H]1CS/C(=C(/C(=O)[O-])C(=O)/C=C/c2cccc([N+](=O)[O-])c2)S1. The zero-order valence-electron chi connectivity index (χ0n) is 12.1. The Morgan fingerprint density at radius 2 is 2.13 bits per heavy atom. The molecule has 120 valence electrons. The van der Waals surface area contributed by atoms with E-state index in [0.717, 1.165) is 11.8 Å². The summed E-state index contributed by atoms with van der Waals surface area (Å²) in [5, 5.41) is 22.2. The molecule has 0 N–H and O–H groups in total. The van der Waals surface area contributed by atoms with Crippen LogP contribution in [0.3, 0.4) is 0 Å². The lowest BCUT2D eigenvalue weighted by atomic mass is 10.1. The van der Waals surface area contributed by atoms with Crippen molar-refractivity contribution >= 4 is 47.0 Å². The number of carboxylic acid groups (broad SMARTS) is 1. The highest BCUT2D eigenvalue weighted by molar-refractivity contribution is 8.25. The third-order valence-electron chi connectivity index (χ3n) is 2.92. The minimum absolute atomic E-state index is 0.103. The fourth-order valence-electron chi connectivity index (χ4n) is 1.86. The highest BCUT2D eigenvalue weighted by Gasteiger charge is 2.23. The maximum absolute atomic E-state index is 12.1. The van der Waals surface area contributed by atoms with Crippen molar-refractivity contribution in [3.05, 3.63) is 55.8 Å². The first-order chi connectivity index (χ1) is 10.9. The van der Waals surface area contributed by atoms with Crippen LogP contribution in [0, 0.1) is 10.1 Å². The van der Waals surface area contributed by atoms with Crippen molar-refractivity contribution < 1.29 is 19.6 Å². The smallest absolute Gasteiger partial charge is 0.270 e. The Bertz CT molecular complexity index is 726. The number of nitrogens with zero attached hydrogens (tertiary/aromatic N) is 1. The molecule has 0 aliphatic carbocycles. The number of hydrogen-bond donors (Lipinski definition) is 0. The normalized spacial score (nSPS) is 19.8. The number of carbonyl (C=O) groups is 2. The lowest BCUT2D eigenvalue weighted by molar-refractivity contribution is -0.384. The summed E-state index contributed by atoms with van der Waals surface area (Å²) in [5.74, 6) is -1.46. The molecule has 0 aromatic heterocycles. The monoisotopic (exact) mass is 350 g/mol. The number of non-ortho nitro benzene ring substituents is 1. The van der Waals surface area contributed by atoms with E-state index in [1.807, 2.05) is 6.92 Å². The highest BCUT2D eigenvalue weighted by atomic mass is 32.2. The molecular weight excluding hydrogens is 338 g/mol. The number of benzene rings is 1. The van der Waals surface area contributed by atoms with Crippen LogP contribution in [0.1, 0.15) is 12.5 Å². The number of carbonyl (C=O) groups excluding carboxylic acids is 2. The number of nitro benzene ring substituents is 1. The highest BCUT2D eigenvalue weighted by Crippen LogP contribution is 2.43. The molecule has 1 fully saturated rings. The molecule has 1 atom stereocenters. The quantitative estimate of drug-likeness (QED) is 0.263. The molecule has 2 rings (SSSR count). The van der Waals surface area contributed by atoms with E-state index < -0.39 is 16.7 Å². The second kappa shape index (κ2) is 7.47. The van der Waals surface area contributed by atoms with Crippen LogP contribution >= 0.6 is 23.5 Å². The van der Waals surface area contributed by atoms with Gasteiger partial charge in [0, 0.05) is 23.1 Å². The Balaban J connectivity index is 2.24. The van der Waals surface area contributed by atoms with Crippen LogP contribution in [0.15, 0.2) is 40.2 Å². The zero-order valence-corrected chi connectivity index (χ0v) is 13.7. The van der Waals surface area contributed by atoms with Crippen molar-refractivity contribution in [1.82, 2.24) is 0 Å². The average molecular weight is 350 g/mol. The standard InChI is InChI=1S/C15H13NO5S2/c1-9-8-22-15(23-9)13(14(18)19)12(17)6-5-10-3-2-4-11(7-10)16(20)21/h2-7,9H,8H2,1H3,(H,18,19)/p-1/b6-5+,15-13-/t9-/m1/s1. The van der Waals surface area contributed by atoms with Gasteiger partial charge >= 0.3 is 0 Å². The summed E-state index contributed by atoms with van der Waals surface area (Å²) in [7, 11) is 0. The molecule has 0 bridgehead atoms. The van der Waals surface area contributed by atoms with Crippen molar-refractivity contribution in [2.75, 3.05) is 5.75 Å². The molecule has 0 unspecified atom stereocenters. The predicted octanol–water partition coefficient (Wildman–Crippen LogP) is 2.01. The Kier molecular flexibility index (Phi) is 5.62. The maximum Gasteiger partial charge on any atom is 0.270 e. The minimum Gasteiger partial charge on any atom is -0.545 e. The largest absolute Gasteiger partial charge is 0.545 e. The molecule has 1 heterocycles. The van der Waals surface area contributed by atoms with Crippen LogP contribution < -0.4 is 5.11 Å². The molecule has 1 saturated heterocycles. The summed E-state index contributed by atoms with van der Waals surface area (Å²) in [4.78, 5) is 33.6. The molecule has 1 aromatic carbocycles. The van der Waals surface area contributed by atoms with E-state index >= 15 is 0 Å². The fourth-order valence-corrected chi connectivity index (χ4v) is 4.68. The van der Waals surface area contributed by atoms with E-state index in [1.54, 1.807) is 6.07 Å². The molecule has 1 aliphatic rings. The van der Waals surface area contributed by atoms with Crippen LogP contribution in [-0.2, 0) is 9.59 Å². The number of nitro groups is 1. The molecular formula is C15H12NO5S2-. The lowest BCUT2D eigenvalue weighted by Crippen LogP contribution is -2.28. The number of aliphatic carboxylic acids is 1. The number of allylic oxidation sites excluding steroid dienone is 1. The molecule has 1 aliphatic heterocycles.